The molecule has 2 N–H and O–H groups in total. The van der Waals surface area contributed by atoms with E-state index in [4.69, 9.17) is 4.55 Å². The van der Waals surface area contributed by atoms with Crippen molar-refractivity contribution in [2.75, 3.05) is 18.8 Å². The summed E-state index contributed by atoms with van der Waals surface area (Å²) in [7, 11) is -3.95. The van der Waals surface area contributed by atoms with E-state index in [1.165, 1.54) is 25.7 Å². The first-order valence-electron chi connectivity index (χ1n) is 6.86. The van der Waals surface area contributed by atoms with E-state index in [0.717, 1.165) is 12.8 Å². The molecule has 0 radical (unpaired) electrons. The largest absolute Gasteiger partial charge is 1.00 e. The molecule has 0 atom stereocenters. The van der Waals surface area contributed by atoms with E-state index in [1.54, 1.807) is 0 Å². The minimum Gasteiger partial charge on any atom is -0.846 e. The molecule has 0 heterocycles. The van der Waals surface area contributed by atoms with E-state index >= 15 is 0 Å². The van der Waals surface area contributed by atoms with Gasteiger partial charge in [0.2, 0.25) is 0 Å². The number of aliphatic imine (C=N–C) groups is 1. The fourth-order valence-electron chi connectivity index (χ4n) is 1.58. The van der Waals surface area contributed by atoms with E-state index in [1.807, 2.05) is 0 Å². The van der Waals surface area contributed by atoms with E-state index in [-0.39, 0.29) is 48.3 Å². The molecule has 0 aromatic carbocycles. The van der Waals surface area contributed by atoms with Gasteiger partial charge < -0.3 is 10.4 Å². The normalized spacial score (nSPS) is 12.0. The number of unbranched alkanes of at least 4 members (excludes halogenated alkanes) is 5. The third kappa shape index (κ3) is 18.2. The summed E-state index contributed by atoms with van der Waals surface area (Å²) in [5.41, 5.74) is 0. The van der Waals surface area contributed by atoms with Crippen LogP contribution in [0.2, 0.25) is 0 Å². The van der Waals surface area contributed by atoms with Gasteiger partial charge in [0.15, 0.2) is 0 Å². The van der Waals surface area contributed by atoms with Gasteiger partial charge in [0.05, 0.1) is 5.75 Å². The summed E-state index contributed by atoms with van der Waals surface area (Å²) in [5.74, 6) is -0.360. The second-order valence-electron chi connectivity index (χ2n) is 4.52. The quantitative estimate of drug-likeness (QED) is 0.150. The average Bonchev–Trinajstić information content (AvgIpc) is 2.32. The number of rotatable bonds is 11. The van der Waals surface area contributed by atoms with Gasteiger partial charge in [-0.15, -0.1) is 0 Å². The van der Waals surface area contributed by atoms with E-state index in [0.29, 0.717) is 6.54 Å². The Labute approximate surface area is 144 Å². The fourth-order valence-corrected chi connectivity index (χ4v) is 2.08. The van der Waals surface area contributed by atoms with Gasteiger partial charge in [-0.2, -0.15) is 8.42 Å². The first-order valence-corrected chi connectivity index (χ1v) is 8.47. The molecule has 0 bridgehead atoms. The Kier molecular flexibility index (Phi) is 15.9. The van der Waals surface area contributed by atoms with Crippen LogP contribution in [0.25, 0.3) is 0 Å². The van der Waals surface area contributed by atoms with Crippen molar-refractivity contribution in [2.45, 2.75) is 51.9 Å². The molecule has 0 saturated heterocycles. The number of nitrogens with one attached hydrogen (secondary N) is 1. The van der Waals surface area contributed by atoms with Crippen LogP contribution >= 0.6 is 0 Å². The van der Waals surface area contributed by atoms with Crippen molar-refractivity contribution < 1.29 is 47.6 Å². The zero-order valence-corrected chi connectivity index (χ0v) is 15.4. The molecule has 6 nitrogen and oxygen atoms in total. The van der Waals surface area contributed by atoms with Crippen LogP contribution in [0.15, 0.2) is 4.99 Å². The summed E-state index contributed by atoms with van der Waals surface area (Å²) in [4.78, 5) is 3.65. The van der Waals surface area contributed by atoms with Gasteiger partial charge in [0.25, 0.3) is 10.1 Å². The van der Waals surface area contributed by atoms with Gasteiger partial charge in [-0.05, 0) is 12.8 Å². The molecule has 0 aliphatic carbocycles. The van der Waals surface area contributed by atoms with Crippen LogP contribution in [0.5, 0.6) is 0 Å². The van der Waals surface area contributed by atoms with Gasteiger partial charge in [0, 0.05) is 19.1 Å². The molecule has 0 aromatic heterocycles. The van der Waals surface area contributed by atoms with Gasteiger partial charge in [-0.3, -0.25) is 9.55 Å². The number of hydrogen-bond acceptors (Lipinski definition) is 4. The van der Waals surface area contributed by atoms with Crippen LogP contribution in [0.4, 0.5) is 0 Å². The Morgan fingerprint density at radius 1 is 1.15 bits per heavy atom. The Hall–Kier alpha value is 0.180. The topological polar surface area (TPSA) is 102 Å². The second-order valence-corrected chi connectivity index (χ2v) is 6.09. The smallest absolute Gasteiger partial charge is 0.846 e. The Balaban J connectivity index is 0. The van der Waals surface area contributed by atoms with Crippen LogP contribution in [0.1, 0.15) is 51.9 Å². The third-order valence-corrected chi connectivity index (χ3v) is 3.43. The molecular formula is C12H25N2NaO4S. The second kappa shape index (κ2) is 14.1. The van der Waals surface area contributed by atoms with Crippen molar-refractivity contribution >= 4 is 16.1 Å². The van der Waals surface area contributed by atoms with E-state index < -0.39 is 16.1 Å². The van der Waals surface area contributed by atoms with Gasteiger partial charge in [-0.1, -0.05) is 39.0 Å². The van der Waals surface area contributed by atoms with Crippen molar-refractivity contribution in [3.05, 3.63) is 0 Å². The van der Waals surface area contributed by atoms with Crippen molar-refractivity contribution in [2.24, 2.45) is 4.99 Å². The molecule has 0 fully saturated rings. The zero-order chi connectivity index (χ0) is 14.6. The van der Waals surface area contributed by atoms with Crippen molar-refractivity contribution in [3.8, 4) is 0 Å². The standard InChI is InChI=1S/C12H26N2O4S.Na/c1-2-3-4-5-6-7-9-13-12(15)14-10-8-11-19(16,17)18;/h2-11H2,1H3,(H2,13,14,15)(H,16,17,18);/q;+1/p-1. The first-order chi connectivity index (χ1) is 8.95. The van der Waals surface area contributed by atoms with Crippen molar-refractivity contribution in [3.63, 3.8) is 0 Å². The molecule has 8 heteroatoms. The molecule has 0 saturated carbocycles. The Morgan fingerprint density at radius 3 is 2.35 bits per heavy atom. The van der Waals surface area contributed by atoms with Crippen LogP contribution in [0.3, 0.4) is 0 Å². The van der Waals surface area contributed by atoms with Crippen LogP contribution in [-0.2, 0) is 10.1 Å². The maximum absolute atomic E-state index is 11.2. The molecule has 0 aliphatic heterocycles. The minimum atomic E-state index is -3.95. The maximum atomic E-state index is 11.2. The molecule has 0 amide bonds. The van der Waals surface area contributed by atoms with Gasteiger partial charge >= 0.3 is 29.6 Å². The van der Waals surface area contributed by atoms with Crippen LogP contribution < -0.4 is 40.0 Å². The summed E-state index contributed by atoms with van der Waals surface area (Å²) < 4.78 is 29.3. The van der Waals surface area contributed by atoms with E-state index in [9.17, 15) is 13.5 Å². The van der Waals surface area contributed by atoms with Crippen LogP contribution in [0, 0.1) is 0 Å². The molecule has 0 rings (SSSR count). The molecule has 0 unspecified atom stereocenters. The summed E-state index contributed by atoms with van der Waals surface area (Å²) in [6.45, 7) is 2.89. The first kappa shape index (κ1) is 22.5. The monoisotopic (exact) mass is 316 g/mol. The fraction of sp³-hybridized carbons (Fsp3) is 0.917. The molecule has 0 aromatic rings. The SMILES string of the molecule is CCCCCCCCNC([O-])=NCCCS(=O)(=O)O.[Na+]. The predicted molar refractivity (Wildman–Crippen MR) is 74.7 cm³/mol. The minimum absolute atomic E-state index is 0. The molecular weight excluding hydrogens is 291 g/mol. The molecule has 0 spiro atoms. The summed E-state index contributed by atoms with van der Waals surface area (Å²) in [6.07, 6.45) is 7.11. The Bertz CT molecular complexity index is 347. The summed E-state index contributed by atoms with van der Waals surface area (Å²) in [6, 6.07) is -0.413. The molecule has 0 aliphatic rings. The van der Waals surface area contributed by atoms with E-state index in [2.05, 4.69) is 17.2 Å². The number of hydrogen-bond donors (Lipinski definition) is 2. The van der Waals surface area contributed by atoms with Crippen LogP contribution in [-0.4, -0.2) is 37.8 Å². The molecule has 114 valence electrons. The summed E-state index contributed by atoms with van der Waals surface area (Å²) in [5, 5.41) is 13.9. The van der Waals surface area contributed by atoms with Gasteiger partial charge in [-0.25, -0.2) is 0 Å². The maximum Gasteiger partial charge on any atom is 1.00 e. The van der Waals surface area contributed by atoms with Crippen molar-refractivity contribution in [1.29, 1.82) is 0 Å². The third-order valence-electron chi connectivity index (χ3n) is 2.62. The van der Waals surface area contributed by atoms with Gasteiger partial charge in [0.1, 0.15) is 0 Å². The number of nitrogens with zero attached hydrogens (tertiary/aromatic N) is 1. The van der Waals surface area contributed by atoms with Crippen molar-refractivity contribution in [1.82, 2.24) is 5.32 Å². The zero-order valence-electron chi connectivity index (χ0n) is 12.6. The number of amidine groups is 1. The molecule has 20 heavy (non-hydrogen) atoms. The average molecular weight is 316 g/mol. The predicted octanol–water partition coefficient (Wildman–Crippen LogP) is -2.07. The Morgan fingerprint density at radius 2 is 1.75 bits per heavy atom. The summed E-state index contributed by atoms with van der Waals surface area (Å²) >= 11 is 0.